The molecule has 0 heterocycles. The van der Waals surface area contributed by atoms with Crippen LogP contribution in [-0.2, 0) is 0 Å². The van der Waals surface area contributed by atoms with Gasteiger partial charge in [0.05, 0.1) is 0 Å². The third-order valence-corrected chi connectivity index (χ3v) is 2.69. The van der Waals surface area contributed by atoms with E-state index >= 15 is 0 Å². The standard InChI is InChI=1S/C8H16S2.C2H6/c9-8(10)6-7-4-2-1-3-5-7;1-2/h7-10H,1-6H2;1-2H3. The van der Waals surface area contributed by atoms with E-state index in [-0.39, 0.29) is 0 Å². The lowest BCUT2D eigenvalue weighted by Crippen LogP contribution is -2.08. The molecule has 0 saturated heterocycles. The molecule has 0 bridgehead atoms. The zero-order valence-corrected chi connectivity index (χ0v) is 10.1. The molecule has 1 fully saturated rings. The minimum Gasteiger partial charge on any atom is -0.165 e. The van der Waals surface area contributed by atoms with E-state index in [9.17, 15) is 0 Å². The van der Waals surface area contributed by atoms with Crippen molar-refractivity contribution in [1.82, 2.24) is 0 Å². The van der Waals surface area contributed by atoms with Gasteiger partial charge in [-0.2, -0.15) is 25.3 Å². The van der Waals surface area contributed by atoms with E-state index in [1.807, 2.05) is 13.8 Å². The molecule has 0 aromatic heterocycles. The van der Waals surface area contributed by atoms with E-state index in [1.165, 1.54) is 38.5 Å². The molecule has 12 heavy (non-hydrogen) atoms. The minimum absolute atomic E-state index is 0.308. The molecule has 0 spiro atoms. The van der Waals surface area contributed by atoms with E-state index in [0.717, 1.165) is 5.92 Å². The van der Waals surface area contributed by atoms with Crippen molar-refractivity contribution in [2.75, 3.05) is 0 Å². The molecule has 0 nitrogen and oxygen atoms in total. The molecule has 0 amide bonds. The molecule has 2 heteroatoms. The van der Waals surface area contributed by atoms with Crippen LogP contribution in [0.1, 0.15) is 52.4 Å². The fraction of sp³-hybridized carbons (Fsp3) is 1.00. The van der Waals surface area contributed by atoms with E-state index in [4.69, 9.17) is 0 Å². The van der Waals surface area contributed by atoms with Gasteiger partial charge in [0.2, 0.25) is 0 Å². The van der Waals surface area contributed by atoms with Crippen molar-refractivity contribution < 1.29 is 0 Å². The van der Waals surface area contributed by atoms with Gasteiger partial charge in [0.25, 0.3) is 0 Å². The predicted octanol–water partition coefficient (Wildman–Crippen LogP) is 4.17. The molecule has 74 valence electrons. The van der Waals surface area contributed by atoms with Gasteiger partial charge in [-0.1, -0.05) is 46.0 Å². The Kier molecular flexibility index (Phi) is 8.79. The van der Waals surface area contributed by atoms with Gasteiger partial charge in [-0.15, -0.1) is 0 Å². The summed E-state index contributed by atoms with van der Waals surface area (Å²) in [4.78, 5) is 0. The average molecular weight is 206 g/mol. The second-order valence-electron chi connectivity index (χ2n) is 3.22. The van der Waals surface area contributed by atoms with E-state index in [2.05, 4.69) is 25.3 Å². The molecule has 0 N–H and O–H groups in total. The predicted molar refractivity (Wildman–Crippen MR) is 64.3 cm³/mol. The highest BCUT2D eigenvalue weighted by molar-refractivity contribution is 7.99. The summed E-state index contributed by atoms with van der Waals surface area (Å²) in [5, 5.41) is 0. The summed E-state index contributed by atoms with van der Waals surface area (Å²) in [5.41, 5.74) is 0. The molecular weight excluding hydrogens is 184 g/mol. The first-order chi connectivity index (χ1) is 5.79. The maximum Gasteiger partial charge on any atom is 0.0444 e. The molecule has 1 saturated carbocycles. The van der Waals surface area contributed by atoms with Crippen molar-refractivity contribution in [3.05, 3.63) is 0 Å². The summed E-state index contributed by atoms with van der Waals surface area (Å²) in [5.74, 6) is 0.925. The van der Waals surface area contributed by atoms with Gasteiger partial charge < -0.3 is 0 Å². The van der Waals surface area contributed by atoms with Crippen LogP contribution in [0.2, 0.25) is 0 Å². The van der Waals surface area contributed by atoms with Crippen LogP contribution in [0.25, 0.3) is 0 Å². The zero-order valence-electron chi connectivity index (χ0n) is 8.29. The quantitative estimate of drug-likeness (QED) is 0.492. The Bertz CT molecular complexity index is 85.8. The van der Waals surface area contributed by atoms with Crippen LogP contribution < -0.4 is 0 Å². The van der Waals surface area contributed by atoms with Crippen molar-refractivity contribution in [2.45, 2.75) is 57.0 Å². The molecule has 0 aromatic rings. The molecule has 0 aromatic carbocycles. The van der Waals surface area contributed by atoms with Crippen molar-refractivity contribution in [2.24, 2.45) is 5.92 Å². The maximum absolute atomic E-state index is 4.27. The summed E-state index contributed by atoms with van der Waals surface area (Å²) < 4.78 is 0.308. The molecule has 1 rings (SSSR count). The van der Waals surface area contributed by atoms with Crippen molar-refractivity contribution in [3.63, 3.8) is 0 Å². The fourth-order valence-corrected chi connectivity index (χ4v) is 2.32. The summed E-state index contributed by atoms with van der Waals surface area (Å²) in [7, 11) is 0. The lowest BCUT2D eigenvalue weighted by Gasteiger charge is -2.22. The summed E-state index contributed by atoms with van der Waals surface area (Å²) in [6.07, 6.45) is 8.33. The Morgan fingerprint density at radius 3 is 2.00 bits per heavy atom. The number of hydrogen-bond acceptors (Lipinski definition) is 2. The highest BCUT2D eigenvalue weighted by atomic mass is 32.2. The van der Waals surface area contributed by atoms with Crippen LogP contribution in [0.15, 0.2) is 0 Å². The average Bonchev–Trinajstić information content (AvgIpc) is 2.08. The van der Waals surface area contributed by atoms with Crippen molar-refractivity contribution in [1.29, 1.82) is 0 Å². The lowest BCUT2D eigenvalue weighted by atomic mass is 9.87. The normalized spacial score (nSPS) is 18.8. The molecule has 1 aliphatic rings. The maximum atomic E-state index is 4.27. The number of rotatable bonds is 2. The summed E-state index contributed by atoms with van der Waals surface area (Å²) in [6, 6.07) is 0. The van der Waals surface area contributed by atoms with Crippen LogP contribution in [0.4, 0.5) is 0 Å². The third kappa shape index (κ3) is 6.24. The Hall–Kier alpha value is 0.700. The first-order valence-corrected chi connectivity index (χ1v) is 6.18. The SMILES string of the molecule is CC.SC(S)CC1CCCCC1. The zero-order chi connectivity index (χ0) is 9.40. The first kappa shape index (κ1) is 12.7. The second-order valence-corrected chi connectivity index (χ2v) is 4.87. The van der Waals surface area contributed by atoms with Crippen molar-refractivity contribution >= 4 is 25.3 Å². The highest BCUT2D eigenvalue weighted by Gasteiger charge is 2.14. The van der Waals surface area contributed by atoms with Crippen LogP contribution in [-0.4, -0.2) is 4.58 Å². The van der Waals surface area contributed by atoms with Gasteiger partial charge in [0.15, 0.2) is 0 Å². The second kappa shape index (κ2) is 8.31. The summed E-state index contributed by atoms with van der Waals surface area (Å²) >= 11 is 8.54. The highest BCUT2D eigenvalue weighted by Crippen LogP contribution is 2.29. The van der Waals surface area contributed by atoms with E-state index in [1.54, 1.807) is 0 Å². The minimum atomic E-state index is 0.308. The Morgan fingerprint density at radius 1 is 1.08 bits per heavy atom. The fourth-order valence-electron chi connectivity index (χ4n) is 1.72. The molecule has 1 aliphatic carbocycles. The molecule has 0 aliphatic heterocycles. The number of hydrogen-bond donors (Lipinski definition) is 2. The summed E-state index contributed by atoms with van der Waals surface area (Å²) in [6.45, 7) is 4.00. The first-order valence-electron chi connectivity index (χ1n) is 5.15. The van der Waals surface area contributed by atoms with Crippen LogP contribution >= 0.6 is 25.3 Å². The van der Waals surface area contributed by atoms with Gasteiger partial charge in [0, 0.05) is 4.58 Å². The third-order valence-electron chi connectivity index (χ3n) is 2.27. The van der Waals surface area contributed by atoms with Gasteiger partial charge in [-0.3, -0.25) is 0 Å². The van der Waals surface area contributed by atoms with Gasteiger partial charge >= 0.3 is 0 Å². The van der Waals surface area contributed by atoms with Gasteiger partial charge in [-0.05, 0) is 12.3 Å². The van der Waals surface area contributed by atoms with Crippen LogP contribution in [0.3, 0.4) is 0 Å². The van der Waals surface area contributed by atoms with Crippen molar-refractivity contribution in [3.8, 4) is 0 Å². The Balaban J connectivity index is 0.000000561. The monoisotopic (exact) mass is 206 g/mol. The van der Waals surface area contributed by atoms with Gasteiger partial charge in [0.1, 0.15) is 0 Å². The molecular formula is C10H22S2. The molecule has 0 atom stereocenters. The van der Waals surface area contributed by atoms with E-state index < -0.39 is 0 Å². The Morgan fingerprint density at radius 2 is 1.58 bits per heavy atom. The molecule has 0 radical (unpaired) electrons. The largest absolute Gasteiger partial charge is 0.165 e. The number of thiol groups is 2. The van der Waals surface area contributed by atoms with Crippen LogP contribution in [0, 0.1) is 5.92 Å². The smallest absolute Gasteiger partial charge is 0.0444 e. The molecule has 0 unspecified atom stereocenters. The lowest BCUT2D eigenvalue weighted by molar-refractivity contribution is 0.348. The van der Waals surface area contributed by atoms with E-state index in [0.29, 0.717) is 4.58 Å². The topological polar surface area (TPSA) is 0 Å². The van der Waals surface area contributed by atoms with Gasteiger partial charge in [-0.25, -0.2) is 0 Å². The van der Waals surface area contributed by atoms with Crippen LogP contribution in [0.5, 0.6) is 0 Å². The Labute approximate surface area is 88.3 Å².